The maximum atomic E-state index is 10.9. The van der Waals surface area contributed by atoms with Crippen LogP contribution in [0, 0.1) is 0 Å². The summed E-state index contributed by atoms with van der Waals surface area (Å²) in [6, 6.07) is 13.6. The maximum absolute atomic E-state index is 10.9. The number of ether oxygens (including phenoxy) is 2. The summed E-state index contributed by atoms with van der Waals surface area (Å²) in [5.41, 5.74) is 4.17. The number of pyridine rings is 1. The number of aliphatic imine (C=N–C) groups is 1. The number of fused-ring (bicyclic) bond motifs is 2. The predicted octanol–water partition coefficient (Wildman–Crippen LogP) is 5.08. The van der Waals surface area contributed by atoms with E-state index in [1.54, 1.807) is 12.4 Å². The molecule has 4 aromatic rings. The molecule has 0 spiro atoms. The molecule has 0 bridgehead atoms. The fraction of sp³-hybridized carbons (Fsp3) is 0.200. The molecular weight excluding hydrogens is 486 g/mol. The van der Waals surface area contributed by atoms with Crippen molar-refractivity contribution < 1.29 is 14.3 Å². The van der Waals surface area contributed by atoms with Crippen LogP contribution in [0.5, 0.6) is 11.5 Å². The van der Waals surface area contributed by atoms with E-state index in [2.05, 4.69) is 25.0 Å². The first-order valence-corrected chi connectivity index (χ1v) is 12.2. The normalized spacial score (nSPS) is 12.7. The van der Waals surface area contributed by atoms with E-state index in [0.29, 0.717) is 42.9 Å². The monoisotopic (exact) mass is 507 g/mol. The molecule has 0 saturated carbocycles. The molecule has 35 heavy (non-hydrogen) atoms. The van der Waals surface area contributed by atoms with Gasteiger partial charge in [0.05, 0.1) is 22.0 Å². The molecule has 0 aliphatic carbocycles. The number of amides is 1. The topological polar surface area (TPSA) is 97.7 Å². The number of benzene rings is 2. The van der Waals surface area contributed by atoms with Crippen molar-refractivity contribution in [2.45, 2.75) is 6.92 Å². The van der Waals surface area contributed by atoms with Crippen molar-refractivity contribution in [3.05, 3.63) is 59.2 Å². The van der Waals surface area contributed by atoms with Crippen LogP contribution in [0.4, 0.5) is 11.5 Å². The van der Waals surface area contributed by atoms with Gasteiger partial charge in [-0.1, -0.05) is 29.8 Å². The summed E-state index contributed by atoms with van der Waals surface area (Å²) >= 11 is 8.15. The van der Waals surface area contributed by atoms with Crippen LogP contribution in [-0.2, 0) is 4.79 Å². The van der Waals surface area contributed by atoms with Gasteiger partial charge in [0.1, 0.15) is 18.7 Å². The molecule has 1 amide bonds. The Morgan fingerprint density at radius 3 is 2.91 bits per heavy atom. The van der Waals surface area contributed by atoms with Gasteiger partial charge in [-0.2, -0.15) is 4.37 Å². The van der Waals surface area contributed by atoms with E-state index in [1.165, 1.54) is 18.5 Å². The second kappa shape index (κ2) is 10.3. The molecule has 1 aliphatic heterocycles. The Morgan fingerprint density at radius 2 is 2.06 bits per heavy atom. The van der Waals surface area contributed by atoms with Crippen LogP contribution in [0.15, 0.2) is 53.7 Å². The van der Waals surface area contributed by atoms with Gasteiger partial charge in [0, 0.05) is 37.0 Å². The van der Waals surface area contributed by atoms with Crippen LogP contribution in [0.2, 0.25) is 5.02 Å². The number of hydrogen-bond donors (Lipinski definition) is 2. The van der Waals surface area contributed by atoms with Gasteiger partial charge < -0.3 is 20.1 Å². The van der Waals surface area contributed by atoms with Gasteiger partial charge in [0.2, 0.25) is 5.91 Å². The molecule has 1 aliphatic rings. The van der Waals surface area contributed by atoms with Crippen molar-refractivity contribution >= 4 is 57.0 Å². The molecule has 0 fully saturated rings. The number of nitrogens with one attached hydrogen (secondary N) is 2. The highest BCUT2D eigenvalue weighted by Gasteiger charge is 2.16. The average molecular weight is 508 g/mol. The SMILES string of the molecule is CC(=O)NCCN=Cc1cnc2c(Nc3cccc(-c4ccc5c(c4)OCCO5)c3Cl)nsc2c1. The molecule has 2 aromatic carbocycles. The Hall–Kier alpha value is -3.69. The van der Waals surface area contributed by atoms with Crippen LogP contribution in [0.25, 0.3) is 21.3 Å². The summed E-state index contributed by atoms with van der Waals surface area (Å²) in [5.74, 6) is 2.03. The Labute approximate surface area is 211 Å². The maximum Gasteiger partial charge on any atom is 0.216 e. The summed E-state index contributed by atoms with van der Waals surface area (Å²) in [6.07, 6.45) is 3.49. The molecule has 178 valence electrons. The molecule has 2 N–H and O–H groups in total. The summed E-state index contributed by atoms with van der Waals surface area (Å²) in [6.45, 7) is 3.57. The molecule has 0 radical (unpaired) electrons. The number of rotatable bonds is 7. The van der Waals surface area contributed by atoms with E-state index >= 15 is 0 Å². The highest BCUT2D eigenvalue weighted by molar-refractivity contribution is 7.13. The third-order valence-corrected chi connectivity index (χ3v) is 6.48. The Balaban J connectivity index is 1.35. The highest BCUT2D eigenvalue weighted by Crippen LogP contribution is 2.40. The summed E-state index contributed by atoms with van der Waals surface area (Å²) in [5, 5.41) is 6.62. The lowest BCUT2D eigenvalue weighted by Crippen LogP contribution is -2.22. The minimum atomic E-state index is -0.0649. The fourth-order valence-corrected chi connectivity index (χ4v) is 4.68. The highest BCUT2D eigenvalue weighted by atomic mass is 35.5. The number of anilines is 2. The fourth-order valence-electron chi connectivity index (χ4n) is 3.65. The number of hydrogen-bond acceptors (Lipinski definition) is 8. The molecule has 0 saturated heterocycles. The largest absolute Gasteiger partial charge is 0.486 e. The second-order valence-corrected chi connectivity index (χ2v) is 9.00. The first-order valence-electron chi connectivity index (χ1n) is 11.0. The Morgan fingerprint density at radius 1 is 1.20 bits per heavy atom. The standard InChI is InChI=1S/C25H22ClN5O3S/c1-15(32)28-8-7-27-13-16-11-22-24(29-14-16)25(31-35-22)30-19-4-2-3-18(23(19)26)17-5-6-20-21(12-17)34-10-9-33-20/h2-6,11-14H,7-10H2,1H3,(H,28,32)(H,30,31). The smallest absolute Gasteiger partial charge is 0.216 e. The average Bonchev–Trinajstić information content (AvgIpc) is 3.26. The van der Waals surface area contributed by atoms with Gasteiger partial charge in [0.15, 0.2) is 17.3 Å². The van der Waals surface area contributed by atoms with Crippen molar-refractivity contribution in [2.75, 3.05) is 31.6 Å². The van der Waals surface area contributed by atoms with E-state index in [0.717, 1.165) is 38.3 Å². The van der Waals surface area contributed by atoms with E-state index in [9.17, 15) is 4.79 Å². The summed E-state index contributed by atoms with van der Waals surface area (Å²) in [7, 11) is 0. The number of aromatic nitrogens is 2. The van der Waals surface area contributed by atoms with Crippen LogP contribution in [0.1, 0.15) is 12.5 Å². The predicted molar refractivity (Wildman–Crippen MR) is 140 cm³/mol. The van der Waals surface area contributed by atoms with Crippen molar-refractivity contribution in [3.8, 4) is 22.6 Å². The Kier molecular flexibility index (Phi) is 6.78. The molecule has 3 heterocycles. The van der Waals surface area contributed by atoms with Crippen LogP contribution >= 0.6 is 23.1 Å². The zero-order chi connectivity index (χ0) is 24.2. The second-order valence-electron chi connectivity index (χ2n) is 7.82. The molecule has 2 aromatic heterocycles. The molecule has 0 atom stereocenters. The van der Waals surface area contributed by atoms with Crippen molar-refractivity contribution in [2.24, 2.45) is 4.99 Å². The number of carbonyl (C=O) groups excluding carboxylic acids is 1. The van der Waals surface area contributed by atoms with Gasteiger partial charge in [-0.3, -0.25) is 14.8 Å². The van der Waals surface area contributed by atoms with Crippen molar-refractivity contribution in [1.82, 2.24) is 14.7 Å². The van der Waals surface area contributed by atoms with Crippen LogP contribution < -0.4 is 20.1 Å². The van der Waals surface area contributed by atoms with E-state index in [1.807, 2.05) is 42.5 Å². The van der Waals surface area contributed by atoms with Crippen LogP contribution in [0.3, 0.4) is 0 Å². The molecule has 0 unspecified atom stereocenters. The first-order chi connectivity index (χ1) is 17.1. The summed E-state index contributed by atoms with van der Waals surface area (Å²) in [4.78, 5) is 19.8. The Bertz CT molecular complexity index is 1420. The number of halogens is 1. The molecule has 8 nitrogen and oxygen atoms in total. The zero-order valence-electron chi connectivity index (χ0n) is 18.9. The number of nitrogens with zero attached hydrogens (tertiary/aromatic N) is 3. The van der Waals surface area contributed by atoms with Gasteiger partial charge in [-0.05, 0) is 41.4 Å². The minimum absolute atomic E-state index is 0.0649. The molecule has 5 rings (SSSR count). The lowest BCUT2D eigenvalue weighted by atomic mass is 10.0. The van der Waals surface area contributed by atoms with Gasteiger partial charge >= 0.3 is 0 Å². The lowest BCUT2D eigenvalue weighted by Gasteiger charge is -2.19. The van der Waals surface area contributed by atoms with Crippen LogP contribution in [-0.4, -0.2) is 47.8 Å². The first kappa shape index (κ1) is 23.1. The minimum Gasteiger partial charge on any atom is -0.486 e. The van der Waals surface area contributed by atoms with Gasteiger partial charge in [-0.15, -0.1) is 0 Å². The van der Waals surface area contributed by atoms with E-state index in [-0.39, 0.29) is 5.91 Å². The molecule has 10 heteroatoms. The van der Waals surface area contributed by atoms with E-state index in [4.69, 9.17) is 21.1 Å². The zero-order valence-corrected chi connectivity index (χ0v) is 20.4. The van der Waals surface area contributed by atoms with E-state index < -0.39 is 0 Å². The van der Waals surface area contributed by atoms with Crippen molar-refractivity contribution in [3.63, 3.8) is 0 Å². The lowest BCUT2D eigenvalue weighted by molar-refractivity contribution is -0.118. The quantitative estimate of drug-likeness (QED) is 0.267. The summed E-state index contributed by atoms with van der Waals surface area (Å²) < 4.78 is 16.8. The number of carbonyl (C=O) groups is 1. The van der Waals surface area contributed by atoms with Gasteiger partial charge in [0.25, 0.3) is 0 Å². The molecular formula is C25H22ClN5O3S. The van der Waals surface area contributed by atoms with Crippen molar-refractivity contribution in [1.29, 1.82) is 0 Å². The third-order valence-electron chi connectivity index (χ3n) is 5.29. The van der Waals surface area contributed by atoms with Gasteiger partial charge in [-0.25, -0.2) is 0 Å². The third kappa shape index (κ3) is 5.21.